The van der Waals surface area contributed by atoms with E-state index in [0.29, 0.717) is 43.2 Å². The van der Waals surface area contributed by atoms with Crippen LogP contribution in [0.15, 0.2) is 12.2 Å². The molecule has 4 nitrogen and oxygen atoms in total. The highest BCUT2D eigenvalue weighted by atomic mass is 19.1. The number of hydrogen-bond donors (Lipinski definition) is 0. The maximum atomic E-state index is 13.9. The van der Waals surface area contributed by atoms with Gasteiger partial charge in [0.25, 0.3) is 5.91 Å². The highest BCUT2D eigenvalue weighted by Crippen LogP contribution is 2.33. The molecule has 0 aromatic carbocycles. The van der Waals surface area contributed by atoms with Gasteiger partial charge in [-0.2, -0.15) is 0 Å². The molecule has 2 unspecified atom stereocenters. The summed E-state index contributed by atoms with van der Waals surface area (Å²) in [5.74, 6) is 1.62. The number of nitrogens with zero attached hydrogens (tertiary/aromatic N) is 2. The molecular weight excluding hydrogens is 343 g/mol. The number of amides is 2. The molecule has 2 amide bonds. The van der Waals surface area contributed by atoms with E-state index in [1.165, 1.54) is 20.3 Å². The number of rotatable bonds is 4. The van der Waals surface area contributed by atoms with Gasteiger partial charge in [-0.1, -0.05) is 12.2 Å². The van der Waals surface area contributed by atoms with Crippen LogP contribution < -0.4 is 0 Å². The Morgan fingerprint density at radius 3 is 2.19 bits per heavy atom. The van der Waals surface area contributed by atoms with Gasteiger partial charge in [0, 0.05) is 32.6 Å². The normalized spacial score (nSPS) is 27.7. The minimum atomic E-state index is -1.77. The topological polar surface area (TPSA) is 40.6 Å². The molecule has 0 aromatic heterocycles. The first-order valence-electron chi connectivity index (χ1n) is 10.8. The molecule has 5 heteroatoms. The fourth-order valence-corrected chi connectivity index (χ4v) is 5.01. The summed E-state index contributed by atoms with van der Waals surface area (Å²) in [6.45, 7) is 5.79. The number of halogens is 1. The smallest absolute Gasteiger partial charge is 0.259 e. The quantitative estimate of drug-likeness (QED) is 0.695. The fraction of sp³-hybridized carbons (Fsp3) is 0.818. The van der Waals surface area contributed by atoms with Crippen LogP contribution in [0, 0.1) is 17.8 Å². The second-order valence-corrected chi connectivity index (χ2v) is 9.14. The zero-order valence-electron chi connectivity index (χ0n) is 17.0. The van der Waals surface area contributed by atoms with E-state index in [0.717, 1.165) is 51.6 Å². The molecule has 0 aromatic rings. The van der Waals surface area contributed by atoms with E-state index in [1.807, 2.05) is 0 Å². The predicted octanol–water partition coefficient (Wildman–Crippen LogP) is 3.96. The van der Waals surface area contributed by atoms with E-state index in [9.17, 15) is 14.0 Å². The van der Waals surface area contributed by atoms with Crippen LogP contribution in [0.1, 0.15) is 65.2 Å². The van der Waals surface area contributed by atoms with Gasteiger partial charge in [-0.25, -0.2) is 4.39 Å². The fourth-order valence-electron chi connectivity index (χ4n) is 5.01. The predicted molar refractivity (Wildman–Crippen MR) is 105 cm³/mol. The summed E-state index contributed by atoms with van der Waals surface area (Å²) in [6, 6.07) is 0. The molecular formula is C22H35FN2O2. The van der Waals surface area contributed by atoms with Gasteiger partial charge in [0.15, 0.2) is 5.67 Å². The van der Waals surface area contributed by atoms with Crippen molar-refractivity contribution in [2.24, 2.45) is 17.8 Å². The van der Waals surface area contributed by atoms with Crippen LogP contribution in [-0.4, -0.2) is 53.5 Å². The first-order valence-corrected chi connectivity index (χ1v) is 10.8. The minimum absolute atomic E-state index is 0.317. The van der Waals surface area contributed by atoms with Crippen molar-refractivity contribution in [3.8, 4) is 0 Å². The van der Waals surface area contributed by atoms with E-state index in [4.69, 9.17) is 0 Å². The molecule has 0 spiro atoms. The lowest BCUT2D eigenvalue weighted by molar-refractivity contribution is -0.143. The first kappa shape index (κ1) is 20.3. The molecule has 27 heavy (non-hydrogen) atoms. The lowest BCUT2D eigenvalue weighted by Gasteiger charge is -2.37. The molecule has 2 fully saturated rings. The number of alkyl halides is 1. The number of carbonyl (C=O) groups is 2. The van der Waals surface area contributed by atoms with Crippen LogP contribution in [-0.2, 0) is 9.59 Å². The Bertz CT molecular complexity index is 561. The van der Waals surface area contributed by atoms with Crippen molar-refractivity contribution >= 4 is 11.8 Å². The van der Waals surface area contributed by atoms with Crippen LogP contribution in [0.4, 0.5) is 4.39 Å². The number of hydrogen-bond acceptors (Lipinski definition) is 2. The molecule has 2 aliphatic heterocycles. The maximum absolute atomic E-state index is 13.9. The zero-order chi connectivity index (χ0) is 19.4. The van der Waals surface area contributed by atoms with Gasteiger partial charge < -0.3 is 9.80 Å². The zero-order valence-corrected chi connectivity index (χ0v) is 17.0. The van der Waals surface area contributed by atoms with Crippen molar-refractivity contribution < 1.29 is 14.0 Å². The SMILES string of the molecule is CC(C)(F)C(=O)N1CCC(C2CCCN(C(=O)CC3C=CCC3)CC2)CC1. The summed E-state index contributed by atoms with van der Waals surface area (Å²) < 4.78 is 13.9. The van der Waals surface area contributed by atoms with Crippen molar-refractivity contribution in [2.45, 2.75) is 70.9 Å². The third-order valence-electron chi connectivity index (χ3n) is 6.68. The van der Waals surface area contributed by atoms with Gasteiger partial charge in [0.2, 0.25) is 5.91 Å². The Hall–Kier alpha value is -1.39. The largest absolute Gasteiger partial charge is 0.343 e. The van der Waals surface area contributed by atoms with Crippen LogP contribution in [0.3, 0.4) is 0 Å². The third-order valence-corrected chi connectivity index (χ3v) is 6.68. The second kappa shape index (κ2) is 8.74. The van der Waals surface area contributed by atoms with Crippen molar-refractivity contribution in [1.82, 2.24) is 9.80 Å². The van der Waals surface area contributed by atoms with E-state index >= 15 is 0 Å². The Balaban J connectivity index is 1.45. The van der Waals surface area contributed by atoms with Gasteiger partial charge in [-0.3, -0.25) is 9.59 Å². The van der Waals surface area contributed by atoms with E-state index in [2.05, 4.69) is 17.1 Å². The monoisotopic (exact) mass is 378 g/mol. The van der Waals surface area contributed by atoms with Crippen LogP contribution in [0.25, 0.3) is 0 Å². The van der Waals surface area contributed by atoms with Crippen molar-refractivity contribution in [3.05, 3.63) is 12.2 Å². The third kappa shape index (κ3) is 5.32. The molecule has 0 N–H and O–H groups in total. The van der Waals surface area contributed by atoms with Gasteiger partial charge in [0.05, 0.1) is 0 Å². The molecule has 152 valence electrons. The number of carbonyl (C=O) groups excluding carboxylic acids is 2. The van der Waals surface area contributed by atoms with Gasteiger partial charge in [0.1, 0.15) is 0 Å². The number of piperidine rings is 1. The molecule has 3 rings (SSSR count). The van der Waals surface area contributed by atoms with Gasteiger partial charge in [-0.15, -0.1) is 0 Å². The van der Waals surface area contributed by atoms with Crippen LogP contribution in [0.5, 0.6) is 0 Å². The summed E-state index contributed by atoms with van der Waals surface area (Å²) in [5, 5.41) is 0. The van der Waals surface area contributed by atoms with Crippen molar-refractivity contribution in [3.63, 3.8) is 0 Å². The van der Waals surface area contributed by atoms with Crippen molar-refractivity contribution in [2.75, 3.05) is 26.2 Å². The standard InChI is InChI=1S/C22H35FN2O2/c1-22(2,23)21(27)25-14-10-19(11-15-25)18-8-5-12-24(13-9-18)20(26)16-17-6-3-4-7-17/h3,6,17-19H,4-5,7-16H2,1-2H3. The Labute approximate surface area is 163 Å². The van der Waals surface area contributed by atoms with Crippen LogP contribution >= 0.6 is 0 Å². The molecule has 0 radical (unpaired) electrons. The maximum Gasteiger partial charge on any atom is 0.259 e. The van der Waals surface area contributed by atoms with Gasteiger partial charge >= 0.3 is 0 Å². The second-order valence-electron chi connectivity index (χ2n) is 9.14. The van der Waals surface area contributed by atoms with Gasteiger partial charge in [-0.05, 0) is 76.5 Å². The Kier molecular flexibility index (Phi) is 6.59. The summed E-state index contributed by atoms with van der Waals surface area (Å²) in [7, 11) is 0. The minimum Gasteiger partial charge on any atom is -0.343 e. The number of allylic oxidation sites excluding steroid dienone is 2. The molecule has 0 saturated carbocycles. The van der Waals surface area contributed by atoms with E-state index in [-0.39, 0.29) is 5.91 Å². The molecule has 0 bridgehead atoms. The summed E-state index contributed by atoms with van der Waals surface area (Å²) in [6.07, 6.45) is 12.5. The van der Waals surface area contributed by atoms with Crippen molar-refractivity contribution in [1.29, 1.82) is 0 Å². The lowest BCUT2D eigenvalue weighted by atomic mass is 9.80. The summed E-state index contributed by atoms with van der Waals surface area (Å²) in [4.78, 5) is 28.5. The lowest BCUT2D eigenvalue weighted by Crippen LogP contribution is -2.47. The average Bonchev–Trinajstić information content (AvgIpc) is 3.01. The van der Waals surface area contributed by atoms with Crippen LogP contribution in [0.2, 0.25) is 0 Å². The molecule has 2 heterocycles. The summed E-state index contributed by atoms with van der Waals surface area (Å²) in [5.41, 5.74) is -1.77. The molecule has 3 aliphatic rings. The molecule has 1 aliphatic carbocycles. The molecule has 2 saturated heterocycles. The summed E-state index contributed by atoms with van der Waals surface area (Å²) >= 11 is 0. The Morgan fingerprint density at radius 2 is 1.59 bits per heavy atom. The van der Waals surface area contributed by atoms with E-state index in [1.54, 1.807) is 4.90 Å². The Morgan fingerprint density at radius 1 is 0.963 bits per heavy atom. The number of likely N-dealkylation sites (tertiary alicyclic amines) is 2. The first-order chi connectivity index (χ1) is 12.8. The highest BCUT2D eigenvalue weighted by molar-refractivity contribution is 5.84. The van der Waals surface area contributed by atoms with E-state index < -0.39 is 5.67 Å². The highest BCUT2D eigenvalue weighted by Gasteiger charge is 2.36. The average molecular weight is 379 g/mol. The molecule has 2 atom stereocenters.